The van der Waals surface area contributed by atoms with Gasteiger partial charge in [0.25, 0.3) is 5.91 Å². The van der Waals surface area contributed by atoms with E-state index in [9.17, 15) is 9.59 Å². The third-order valence-electron chi connectivity index (χ3n) is 3.83. The van der Waals surface area contributed by atoms with E-state index in [0.29, 0.717) is 5.56 Å². The van der Waals surface area contributed by atoms with E-state index in [0.717, 1.165) is 23.0 Å². The number of aryl methyl sites for hydroxylation is 1. The van der Waals surface area contributed by atoms with Crippen LogP contribution >= 0.6 is 0 Å². The van der Waals surface area contributed by atoms with Gasteiger partial charge in [0.15, 0.2) is 0 Å². The number of hydrogen-bond acceptors (Lipinski definition) is 3. The van der Waals surface area contributed by atoms with Crippen molar-refractivity contribution in [1.82, 2.24) is 10.9 Å². The molecular weight excluding hydrogens is 304 g/mol. The van der Waals surface area contributed by atoms with Crippen molar-refractivity contribution in [3.63, 3.8) is 0 Å². The SMILES string of the molecule is CCc1ccc2occ(CC(=O)NNC(=O)c3ccccc3)c2c1. The Kier molecular flexibility index (Phi) is 4.61. The normalized spacial score (nSPS) is 10.5. The van der Waals surface area contributed by atoms with Gasteiger partial charge in [0.2, 0.25) is 5.91 Å². The summed E-state index contributed by atoms with van der Waals surface area (Å²) in [5.41, 5.74) is 8.06. The summed E-state index contributed by atoms with van der Waals surface area (Å²) in [6, 6.07) is 14.7. The quantitative estimate of drug-likeness (QED) is 0.725. The molecule has 2 N–H and O–H groups in total. The Labute approximate surface area is 139 Å². The van der Waals surface area contributed by atoms with Gasteiger partial charge in [-0.15, -0.1) is 0 Å². The van der Waals surface area contributed by atoms with E-state index in [1.54, 1.807) is 30.5 Å². The van der Waals surface area contributed by atoms with Gasteiger partial charge in [0, 0.05) is 16.5 Å². The molecule has 5 heteroatoms. The van der Waals surface area contributed by atoms with Crippen molar-refractivity contribution in [1.29, 1.82) is 0 Å². The summed E-state index contributed by atoms with van der Waals surface area (Å²) >= 11 is 0. The third-order valence-corrected chi connectivity index (χ3v) is 3.83. The number of hydrogen-bond donors (Lipinski definition) is 2. The molecule has 0 saturated heterocycles. The van der Waals surface area contributed by atoms with E-state index in [1.165, 1.54) is 5.56 Å². The van der Waals surface area contributed by atoms with Crippen molar-refractivity contribution in [2.24, 2.45) is 0 Å². The van der Waals surface area contributed by atoms with Crippen molar-refractivity contribution in [2.45, 2.75) is 19.8 Å². The molecule has 0 atom stereocenters. The number of carbonyl (C=O) groups is 2. The standard InChI is InChI=1S/C19H18N2O3/c1-2-13-8-9-17-16(10-13)15(12-24-17)11-18(22)20-21-19(23)14-6-4-3-5-7-14/h3-10,12H,2,11H2,1H3,(H,20,22)(H,21,23). The number of benzene rings is 2. The van der Waals surface area contributed by atoms with Crippen LogP contribution in [0.3, 0.4) is 0 Å². The first-order chi connectivity index (χ1) is 11.7. The zero-order valence-electron chi connectivity index (χ0n) is 13.3. The highest BCUT2D eigenvalue weighted by molar-refractivity contribution is 5.96. The molecule has 5 nitrogen and oxygen atoms in total. The fourth-order valence-corrected chi connectivity index (χ4v) is 2.49. The number of carbonyl (C=O) groups excluding carboxylic acids is 2. The summed E-state index contributed by atoms with van der Waals surface area (Å²) in [5.74, 6) is -0.654. The Morgan fingerprint density at radius 3 is 2.58 bits per heavy atom. The molecule has 1 heterocycles. The predicted molar refractivity (Wildman–Crippen MR) is 91.3 cm³/mol. The summed E-state index contributed by atoms with van der Waals surface area (Å²) in [5, 5.41) is 0.930. The van der Waals surface area contributed by atoms with Crippen LogP contribution in [0.25, 0.3) is 11.0 Å². The molecule has 0 unspecified atom stereocenters. The Balaban J connectivity index is 1.64. The van der Waals surface area contributed by atoms with E-state index in [2.05, 4.69) is 17.8 Å². The van der Waals surface area contributed by atoms with Crippen LogP contribution in [0.2, 0.25) is 0 Å². The van der Waals surface area contributed by atoms with Gasteiger partial charge in [-0.1, -0.05) is 31.2 Å². The average molecular weight is 322 g/mol. The van der Waals surface area contributed by atoms with Crippen molar-refractivity contribution in [2.75, 3.05) is 0 Å². The second-order valence-corrected chi connectivity index (χ2v) is 5.49. The Morgan fingerprint density at radius 2 is 1.83 bits per heavy atom. The van der Waals surface area contributed by atoms with Crippen molar-refractivity contribution in [3.8, 4) is 0 Å². The molecule has 1 aromatic heterocycles. The largest absolute Gasteiger partial charge is 0.464 e. The van der Waals surface area contributed by atoms with E-state index in [1.807, 2.05) is 24.3 Å². The molecule has 0 aliphatic heterocycles. The number of fused-ring (bicyclic) bond motifs is 1. The molecule has 3 aromatic rings. The number of rotatable bonds is 4. The minimum Gasteiger partial charge on any atom is -0.464 e. The second kappa shape index (κ2) is 7.00. The van der Waals surface area contributed by atoms with E-state index in [-0.39, 0.29) is 18.2 Å². The molecule has 0 aliphatic rings. The second-order valence-electron chi connectivity index (χ2n) is 5.49. The lowest BCUT2D eigenvalue weighted by atomic mass is 10.1. The molecule has 2 amide bonds. The summed E-state index contributed by atoms with van der Waals surface area (Å²) in [7, 11) is 0. The molecule has 0 aliphatic carbocycles. The summed E-state index contributed by atoms with van der Waals surface area (Å²) in [6.07, 6.45) is 2.64. The Morgan fingerprint density at radius 1 is 1.04 bits per heavy atom. The number of nitrogens with one attached hydrogen (secondary N) is 2. The van der Waals surface area contributed by atoms with Gasteiger partial charge < -0.3 is 4.42 Å². The minimum absolute atomic E-state index is 0.134. The van der Waals surface area contributed by atoms with Crippen molar-refractivity contribution < 1.29 is 14.0 Å². The molecule has 0 bridgehead atoms. The first-order valence-corrected chi connectivity index (χ1v) is 7.80. The fourth-order valence-electron chi connectivity index (χ4n) is 2.49. The maximum Gasteiger partial charge on any atom is 0.269 e. The lowest BCUT2D eigenvalue weighted by molar-refractivity contribution is -0.121. The summed E-state index contributed by atoms with van der Waals surface area (Å²) < 4.78 is 5.48. The topological polar surface area (TPSA) is 71.3 Å². The number of furan rings is 1. The molecule has 0 fully saturated rings. The first kappa shape index (κ1) is 15.8. The van der Waals surface area contributed by atoms with E-state index in [4.69, 9.17) is 4.42 Å². The van der Waals surface area contributed by atoms with Gasteiger partial charge >= 0.3 is 0 Å². The zero-order valence-corrected chi connectivity index (χ0v) is 13.3. The van der Waals surface area contributed by atoms with Crippen LogP contribution in [0.1, 0.15) is 28.4 Å². The lowest BCUT2D eigenvalue weighted by Crippen LogP contribution is -2.42. The van der Waals surface area contributed by atoms with Gasteiger partial charge in [-0.25, -0.2) is 0 Å². The maximum absolute atomic E-state index is 12.1. The van der Waals surface area contributed by atoms with Crippen molar-refractivity contribution >= 4 is 22.8 Å². The van der Waals surface area contributed by atoms with Crippen LogP contribution in [-0.4, -0.2) is 11.8 Å². The van der Waals surface area contributed by atoms with Crippen LogP contribution in [-0.2, 0) is 17.6 Å². The van der Waals surface area contributed by atoms with Gasteiger partial charge in [0.05, 0.1) is 12.7 Å². The molecular formula is C19H18N2O3. The zero-order chi connectivity index (χ0) is 16.9. The Hall–Kier alpha value is -3.08. The molecule has 3 rings (SSSR count). The van der Waals surface area contributed by atoms with E-state index >= 15 is 0 Å². The van der Waals surface area contributed by atoms with Gasteiger partial charge in [0.1, 0.15) is 5.58 Å². The average Bonchev–Trinajstić information content (AvgIpc) is 3.02. The predicted octanol–water partition coefficient (Wildman–Crippen LogP) is 3.00. The molecule has 0 saturated carbocycles. The lowest BCUT2D eigenvalue weighted by Gasteiger charge is -2.07. The minimum atomic E-state index is -0.353. The summed E-state index contributed by atoms with van der Waals surface area (Å²) in [6.45, 7) is 2.08. The highest BCUT2D eigenvalue weighted by Crippen LogP contribution is 2.23. The monoisotopic (exact) mass is 322 g/mol. The maximum atomic E-state index is 12.1. The van der Waals surface area contributed by atoms with Gasteiger partial charge in [-0.3, -0.25) is 20.4 Å². The van der Waals surface area contributed by atoms with Crippen LogP contribution in [0.15, 0.2) is 59.2 Å². The third kappa shape index (κ3) is 3.46. The van der Waals surface area contributed by atoms with Gasteiger partial charge in [-0.2, -0.15) is 0 Å². The van der Waals surface area contributed by atoms with Crippen molar-refractivity contribution in [3.05, 3.63) is 71.5 Å². The van der Waals surface area contributed by atoms with Crippen LogP contribution in [0, 0.1) is 0 Å². The fraction of sp³-hybridized carbons (Fsp3) is 0.158. The molecule has 0 spiro atoms. The van der Waals surface area contributed by atoms with Gasteiger partial charge in [-0.05, 0) is 36.2 Å². The van der Waals surface area contributed by atoms with Crippen LogP contribution < -0.4 is 10.9 Å². The highest BCUT2D eigenvalue weighted by Gasteiger charge is 2.12. The Bertz CT molecular complexity index is 869. The highest BCUT2D eigenvalue weighted by atomic mass is 16.3. The number of amides is 2. The van der Waals surface area contributed by atoms with Crippen LogP contribution in [0.5, 0.6) is 0 Å². The molecule has 0 radical (unpaired) electrons. The molecule has 2 aromatic carbocycles. The summed E-state index contributed by atoms with van der Waals surface area (Å²) in [4.78, 5) is 24.0. The molecule has 24 heavy (non-hydrogen) atoms. The number of hydrazine groups is 1. The van der Waals surface area contributed by atoms with E-state index < -0.39 is 0 Å². The smallest absolute Gasteiger partial charge is 0.269 e. The van der Waals surface area contributed by atoms with Crippen LogP contribution in [0.4, 0.5) is 0 Å². The molecule has 122 valence electrons. The first-order valence-electron chi connectivity index (χ1n) is 7.80.